The van der Waals surface area contributed by atoms with Crippen LogP contribution in [0.15, 0.2) is 60.8 Å². The van der Waals surface area contributed by atoms with Crippen molar-refractivity contribution in [2.45, 2.75) is 0 Å². The number of amides is 1. The van der Waals surface area contributed by atoms with Gasteiger partial charge < -0.3 is 10.6 Å². The second-order valence-corrected chi connectivity index (χ2v) is 4.98. The molecule has 23 heavy (non-hydrogen) atoms. The van der Waals surface area contributed by atoms with E-state index in [0.717, 1.165) is 16.6 Å². The maximum Gasteiger partial charge on any atom is 0.243 e. The number of pyridine rings is 1. The molecule has 0 bridgehead atoms. The predicted molar refractivity (Wildman–Crippen MR) is 90.0 cm³/mol. The number of benzene rings is 2. The van der Waals surface area contributed by atoms with E-state index in [4.69, 9.17) is 5.26 Å². The summed E-state index contributed by atoms with van der Waals surface area (Å²) in [4.78, 5) is 16.4. The SMILES string of the molecule is N#Cc1cccc(NCC(=O)Nc2cccc3cccnc23)c1. The van der Waals surface area contributed by atoms with Gasteiger partial charge in [-0.3, -0.25) is 9.78 Å². The Morgan fingerprint density at radius 2 is 1.96 bits per heavy atom. The van der Waals surface area contributed by atoms with Gasteiger partial charge in [-0.1, -0.05) is 24.3 Å². The van der Waals surface area contributed by atoms with Crippen LogP contribution < -0.4 is 10.6 Å². The van der Waals surface area contributed by atoms with E-state index in [1.165, 1.54) is 0 Å². The minimum atomic E-state index is -0.175. The number of nitrogens with zero attached hydrogens (tertiary/aromatic N) is 2. The molecule has 0 saturated carbocycles. The molecule has 2 aromatic carbocycles. The number of para-hydroxylation sites is 1. The molecule has 5 nitrogen and oxygen atoms in total. The summed E-state index contributed by atoms with van der Waals surface area (Å²) in [5, 5.41) is 15.7. The summed E-state index contributed by atoms with van der Waals surface area (Å²) in [6, 6.07) is 18.5. The van der Waals surface area contributed by atoms with E-state index in [9.17, 15) is 4.79 Å². The molecule has 5 heteroatoms. The number of carbonyl (C=O) groups excluding carboxylic acids is 1. The van der Waals surface area contributed by atoms with Gasteiger partial charge in [0.25, 0.3) is 0 Å². The third-order valence-corrected chi connectivity index (χ3v) is 3.35. The monoisotopic (exact) mass is 302 g/mol. The van der Waals surface area contributed by atoms with E-state index < -0.39 is 0 Å². The number of nitrogens with one attached hydrogen (secondary N) is 2. The van der Waals surface area contributed by atoms with Gasteiger partial charge >= 0.3 is 0 Å². The summed E-state index contributed by atoms with van der Waals surface area (Å²) in [5.41, 5.74) is 2.72. The third-order valence-electron chi connectivity index (χ3n) is 3.35. The highest BCUT2D eigenvalue weighted by atomic mass is 16.1. The van der Waals surface area contributed by atoms with E-state index in [-0.39, 0.29) is 12.5 Å². The molecule has 1 aromatic heterocycles. The van der Waals surface area contributed by atoms with Crippen molar-refractivity contribution in [1.29, 1.82) is 5.26 Å². The standard InChI is InChI=1S/C18H14N4O/c19-11-13-4-1-7-15(10-13)21-12-17(23)22-16-8-2-5-14-6-3-9-20-18(14)16/h1-10,21H,12H2,(H,22,23). The zero-order valence-corrected chi connectivity index (χ0v) is 12.3. The topological polar surface area (TPSA) is 77.8 Å². The lowest BCUT2D eigenvalue weighted by Gasteiger charge is -2.09. The van der Waals surface area contributed by atoms with Crippen LogP contribution >= 0.6 is 0 Å². The summed E-state index contributed by atoms with van der Waals surface area (Å²) in [5.74, 6) is -0.175. The van der Waals surface area contributed by atoms with Crippen LogP contribution in [0.2, 0.25) is 0 Å². The van der Waals surface area contributed by atoms with Gasteiger partial charge in [0.1, 0.15) is 0 Å². The molecule has 0 aliphatic heterocycles. The molecule has 0 radical (unpaired) electrons. The van der Waals surface area contributed by atoms with Crippen molar-refractivity contribution in [1.82, 2.24) is 4.98 Å². The minimum absolute atomic E-state index is 0.109. The highest BCUT2D eigenvalue weighted by Crippen LogP contribution is 2.20. The first-order chi connectivity index (χ1) is 11.3. The number of fused-ring (bicyclic) bond motifs is 1. The molecular weight excluding hydrogens is 288 g/mol. The van der Waals surface area contributed by atoms with Gasteiger partial charge in [0, 0.05) is 17.3 Å². The Bertz CT molecular complexity index is 893. The molecule has 0 atom stereocenters. The van der Waals surface area contributed by atoms with Crippen molar-refractivity contribution in [2.24, 2.45) is 0 Å². The maximum absolute atomic E-state index is 12.1. The van der Waals surface area contributed by atoms with Crippen LogP contribution in [0.25, 0.3) is 10.9 Å². The number of hydrogen-bond acceptors (Lipinski definition) is 4. The van der Waals surface area contributed by atoms with Gasteiger partial charge in [0.2, 0.25) is 5.91 Å². The number of nitriles is 1. The molecule has 3 aromatic rings. The van der Waals surface area contributed by atoms with Crippen molar-refractivity contribution in [2.75, 3.05) is 17.2 Å². The number of aromatic nitrogens is 1. The Hall–Kier alpha value is -3.39. The smallest absolute Gasteiger partial charge is 0.243 e. The van der Waals surface area contributed by atoms with E-state index >= 15 is 0 Å². The summed E-state index contributed by atoms with van der Waals surface area (Å²) in [6.45, 7) is 0.109. The molecule has 0 aliphatic rings. The lowest BCUT2D eigenvalue weighted by atomic mass is 10.2. The van der Waals surface area contributed by atoms with Crippen LogP contribution in [0.5, 0.6) is 0 Å². The fraction of sp³-hybridized carbons (Fsp3) is 0.0556. The van der Waals surface area contributed by atoms with E-state index in [2.05, 4.69) is 21.7 Å². The number of anilines is 2. The zero-order chi connectivity index (χ0) is 16.1. The van der Waals surface area contributed by atoms with Crippen LogP contribution in [0.1, 0.15) is 5.56 Å². The van der Waals surface area contributed by atoms with Gasteiger partial charge in [-0.2, -0.15) is 5.26 Å². The van der Waals surface area contributed by atoms with Crippen LogP contribution in [0, 0.1) is 11.3 Å². The Morgan fingerprint density at radius 3 is 2.83 bits per heavy atom. The van der Waals surface area contributed by atoms with Gasteiger partial charge in [0.15, 0.2) is 0 Å². The number of hydrogen-bond donors (Lipinski definition) is 2. The predicted octanol–water partition coefficient (Wildman–Crippen LogP) is 3.16. The molecule has 0 unspecified atom stereocenters. The Morgan fingerprint density at radius 1 is 1.13 bits per heavy atom. The van der Waals surface area contributed by atoms with Gasteiger partial charge in [-0.25, -0.2) is 0 Å². The van der Waals surface area contributed by atoms with Crippen molar-refractivity contribution < 1.29 is 4.79 Å². The Labute approximate surface area is 133 Å². The average molecular weight is 302 g/mol. The second kappa shape index (κ2) is 6.58. The highest BCUT2D eigenvalue weighted by Gasteiger charge is 2.06. The van der Waals surface area contributed by atoms with Crippen LogP contribution in [-0.2, 0) is 4.79 Å². The molecule has 0 spiro atoms. The summed E-state index contributed by atoms with van der Waals surface area (Å²) in [7, 11) is 0. The first kappa shape index (κ1) is 14.5. The fourth-order valence-electron chi connectivity index (χ4n) is 2.28. The molecule has 3 rings (SSSR count). The van der Waals surface area contributed by atoms with E-state index in [1.54, 1.807) is 24.4 Å². The van der Waals surface area contributed by atoms with Crippen LogP contribution in [0.3, 0.4) is 0 Å². The molecular formula is C18H14N4O. The molecule has 0 aliphatic carbocycles. The lowest BCUT2D eigenvalue weighted by molar-refractivity contribution is -0.114. The Balaban J connectivity index is 1.68. The molecule has 112 valence electrons. The summed E-state index contributed by atoms with van der Waals surface area (Å²) < 4.78 is 0. The summed E-state index contributed by atoms with van der Waals surface area (Å²) >= 11 is 0. The highest BCUT2D eigenvalue weighted by molar-refractivity contribution is 6.01. The van der Waals surface area contributed by atoms with Gasteiger partial charge in [-0.05, 0) is 30.3 Å². The van der Waals surface area contributed by atoms with Crippen LogP contribution in [-0.4, -0.2) is 17.4 Å². The molecule has 1 amide bonds. The Kier molecular flexibility index (Phi) is 4.16. The van der Waals surface area contributed by atoms with E-state index in [1.807, 2.05) is 36.4 Å². The second-order valence-electron chi connectivity index (χ2n) is 4.98. The minimum Gasteiger partial charge on any atom is -0.376 e. The quantitative estimate of drug-likeness (QED) is 0.776. The maximum atomic E-state index is 12.1. The third kappa shape index (κ3) is 3.44. The average Bonchev–Trinajstić information content (AvgIpc) is 2.60. The number of carbonyl (C=O) groups is 1. The zero-order valence-electron chi connectivity index (χ0n) is 12.3. The number of rotatable bonds is 4. The first-order valence-corrected chi connectivity index (χ1v) is 7.14. The van der Waals surface area contributed by atoms with Crippen molar-refractivity contribution in [3.63, 3.8) is 0 Å². The van der Waals surface area contributed by atoms with Crippen molar-refractivity contribution >= 4 is 28.2 Å². The molecule has 1 heterocycles. The summed E-state index contributed by atoms with van der Waals surface area (Å²) in [6.07, 6.45) is 1.70. The first-order valence-electron chi connectivity index (χ1n) is 7.14. The normalized spacial score (nSPS) is 10.0. The lowest BCUT2D eigenvalue weighted by Crippen LogP contribution is -2.22. The molecule has 0 saturated heterocycles. The molecule has 0 fully saturated rings. The van der Waals surface area contributed by atoms with Crippen molar-refractivity contribution in [3.05, 3.63) is 66.4 Å². The largest absolute Gasteiger partial charge is 0.376 e. The fourth-order valence-corrected chi connectivity index (χ4v) is 2.28. The van der Waals surface area contributed by atoms with Crippen LogP contribution in [0.4, 0.5) is 11.4 Å². The van der Waals surface area contributed by atoms with E-state index in [0.29, 0.717) is 11.3 Å². The van der Waals surface area contributed by atoms with Gasteiger partial charge in [-0.15, -0.1) is 0 Å². The van der Waals surface area contributed by atoms with Gasteiger partial charge in [0.05, 0.1) is 29.4 Å². The van der Waals surface area contributed by atoms with Crippen molar-refractivity contribution in [3.8, 4) is 6.07 Å². The molecule has 2 N–H and O–H groups in total.